The number of rotatable bonds is 4. The van der Waals surface area contributed by atoms with Crippen LogP contribution in [0.3, 0.4) is 0 Å². The van der Waals surface area contributed by atoms with Crippen LogP contribution in [-0.4, -0.2) is 35.1 Å². The second-order valence-corrected chi connectivity index (χ2v) is 7.47. The van der Waals surface area contributed by atoms with E-state index < -0.39 is 0 Å². The lowest BCUT2D eigenvalue weighted by molar-refractivity contribution is 0.637. The molecule has 2 heterocycles. The number of nitrogens with zero attached hydrogens (tertiary/aromatic N) is 2. The lowest BCUT2D eigenvalue weighted by Crippen LogP contribution is -2.27. The maximum absolute atomic E-state index is 4.38. The van der Waals surface area contributed by atoms with Gasteiger partial charge in [-0.15, -0.1) is 0 Å². The third-order valence-electron chi connectivity index (χ3n) is 3.50. The molecule has 0 spiro atoms. The van der Waals surface area contributed by atoms with E-state index in [0.717, 1.165) is 31.9 Å². The summed E-state index contributed by atoms with van der Waals surface area (Å²) in [7, 11) is 0. The molecule has 1 aliphatic rings. The molecule has 0 radical (unpaired) electrons. The smallest absolute Gasteiger partial charge is 0.127 e. The molecule has 0 atom stereocenters. The minimum Gasteiger partial charge on any atom is -0.371 e. The zero-order chi connectivity index (χ0) is 13.7. The van der Waals surface area contributed by atoms with E-state index in [9.17, 15) is 0 Å². The molecule has 0 amide bonds. The molecule has 0 aliphatic carbocycles. The van der Waals surface area contributed by atoms with Crippen LogP contribution in [0.1, 0.15) is 33.6 Å². The van der Waals surface area contributed by atoms with Gasteiger partial charge in [-0.05, 0) is 18.9 Å². The van der Waals surface area contributed by atoms with Gasteiger partial charge >= 0.3 is 0 Å². The predicted molar refractivity (Wildman–Crippen MR) is 86.4 cm³/mol. The summed E-state index contributed by atoms with van der Waals surface area (Å²) in [5.41, 5.74) is 1.30. The number of hydrogen-bond acceptors (Lipinski definition) is 4. The highest BCUT2D eigenvalue weighted by molar-refractivity contribution is 8.00. The molecule has 0 bridgehead atoms. The maximum Gasteiger partial charge on any atom is 0.127 e. The van der Waals surface area contributed by atoms with Crippen molar-refractivity contribution in [2.45, 2.75) is 38.4 Å². The van der Waals surface area contributed by atoms with Crippen molar-refractivity contribution >= 4 is 23.3 Å². The molecule has 4 heteroatoms. The van der Waals surface area contributed by atoms with Gasteiger partial charge in [-0.1, -0.05) is 20.8 Å². The SMILES string of the molecule is CCCNc1cc(N2CCSC(C)(C)CC2)ccn1. The van der Waals surface area contributed by atoms with Crippen LogP contribution in [0.25, 0.3) is 0 Å². The molecule has 0 unspecified atom stereocenters. The van der Waals surface area contributed by atoms with Crippen LogP contribution >= 0.6 is 11.8 Å². The number of nitrogens with one attached hydrogen (secondary N) is 1. The van der Waals surface area contributed by atoms with E-state index in [1.165, 1.54) is 17.9 Å². The maximum atomic E-state index is 4.38. The first-order chi connectivity index (χ1) is 9.11. The summed E-state index contributed by atoms with van der Waals surface area (Å²) in [6, 6.07) is 4.30. The Morgan fingerprint density at radius 3 is 3.05 bits per heavy atom. The van der Waals surface area contributed by atoms with Crippen molar-refractivity contribution in [2.75, 3.05) is 35.6 Å². The lowest BCUT2D eigenvalue weighted by Gasteiger charge is -2.24. The molecule has 1 aliphatic heterocycles. The summed E-state index contributed by atoms with van der Waals surface area (Å²) < 4.78 is 0.408. The van der Waals surface area contributed by atoms with Gasteiger partial charge in [0.25, 0.3) is 0 Å². The van der Waals surface area contributed by atoms with Crippen LogP contribution in [0.15, 0.2) is 18.3 Å². The summed E-state index contributed by atoms with van der Waals surface area (Å²) in [5, 5.41) is 3.36. The van der Waals surface area contributed by atoms with E-state index in [2.05, 4.69) is 59.9 Å². The highest BCUT2D eigenvalue weighted by atomic mass is 32.2. The lowest BCUT2D eigenvalue weighted by atomic mass is 10.1. The Morgan fingerprint density at radius 2 is 2.26 bits per heavy atom. The van der Waals surface area contributed by atoms with E-state index in [1.54, 1.807) is 0 Å². The zero-order valence-corrected chi connectivity index (χ0v) is 13.1. The van der Waals surface area contributed by atoms with Crippen LogP contribution in [0, 0.1) is 0 Å². The van der Waals surface area contributed by atoms with Gasteiger partial charge in [0.1, 0.15) is 5.82 Å². The van der Waals surface area contributed by atoms with Gasteiger partial charge < -0.3 is 10.2 Å². The molecule has 19 heavy (non-hydrogen) atoms. The van der Waals surface area contributed by atoms with Gasteiger partial charge in [-0.25, -0.2) is 4.98 Å². The predicted octanol–water partition coefficient (Wildman–Crippen LogP) is 3.63. The second kappa shape index (κ2) is 6.51. The number of hydrogen-bond donors (Lipinski definition) is 1. The van der Waals surface area contributed by atoms with Crippen molar-refractivity contribution in [3.63, 3.8) is 0 Å². The van der Waals surface area contributed by atoms with Crippen molar-refractivity contribution in [3.8, 4) is 0 Å². The minimum absolute atomic E-state index is 0.408. The Morgan fingerprint density at radius 1 is 1.42 bits per heavy atom. The van der Waals surface area contributed by atoms with Crippen LogP contribution in [0.2, 0.25) is 0 Å². The van der Waals surface area contributed by atoms with Crippen molar-refractivity contribution in [3.05, 3.63) is 18.3 Å². The molecular formula is C15H25N3S. The van der Waals surface area contributed by atoms with Crippen molar-refractivity contribution < 1.29 is 0 Å². The summed E-state index contributed by atoms with van der Waals surface area (Å²) in [4.78, 5) is 6.87. The minimum atomic E-state index is 0.408. The quantitative estimate of drug-likeness (QED) is 0.911. The van der Waals surface area contributed by atoms with Crippen molar-refractivity contribution in [1.29, 1.82) is 0 Å². The first kappa shape index (κ1) is 14.5. The number of pyridine rings is 1. The summed E-state index contributed by atoms with van der Waals surface area (Å²) in [6.07, 6.45) is 4.27. The normalized spacial score (nSPS) is 19.0. The number of thioether (sulfide) groups is 1. The van der Waals surface area contributed by atoms with Gasteiger partial charge in [0, 0.05) is 48.1 Å². The van der Waals surface area contributed by atoms with Crippen molar-refractivity contribution in [2.24, 2.45) is 0 Å². The molecule has 1 aromatic heterocycles. The molecule has 0 aromatic carbocycles. The van der Waals surface area contributed by atoms with E-state index in [4.69, 9.17) is 0 Å². The Labute approximate surface area is 121 Å². The third kappa shape index (κ3) is 4.30. The van der Waals surface area contributed by atoms with Crippen LogP contribution in [-0.2, 0) is 0 Å². The summed E-state index contributed by atoms with van der Waals surface area (Å²) >= 11 is 2.08. The molecular weight excluding hydrogens is 254 g/mol. The fraction of sp³-hybridized carbons (Fsp3) is 0.667. The van der Waals surface area contributed by atoms with Gasteiger partial charge in [0.2, 0.25) is 0 Å². The Hall–Kier alpha value is -0.900. The first-order valence-electron chi connectivity index (χ1n) is 7.19. The third-order valence-corrected chi connectivity index (χ3v) is 4.87. The summed E-state index contributed by atoms with van der Waals surface area (Å²) in [6.45, 7) is 10.1. The molecule has 3 nitrogen and oxygen atoms in total. The molecule has 1 fully saturated rings. The summed E-state index contributed by atoms with van der Waals surface area (Å²) in [5.74, 6) is 2.20. The number of aromatic nitrogens is 1. The second-order valence-electron chi connectivity index (χ2n) is 5.67. The van der Waals surface area contributed by atoms with Crippen LogP contribution in [0.4, 0.5) is 11.5 Å². The average Bonchev–Trinajstić information content (AvgIpc) is 2.58. The topological polar surface area (TPSA) is 28.2 Å². The molecule has 2 rings (SSSR count). The highest BCUT2D eigenvalue weighted by Gasteiger charge is 2.23. The molecule has 1 aromatic rings. The van der Waals surface area contributed by atoms with Crippen LogP contribution in [0.5, 0.6) is 0 Å². The standard InChI is InChI=1S/C15H25N3S/c1-4-7-16-14-12-13(5-8-17-14)18-9-6-15(2,3)19-11-10-18/h5,8,12H,4,6-7,9-11H2,1-3H3,(H,16,17). The molecule has 0 saturated carbocycles. The molecule has 106 valence electrons. The first-order valence-corrected chi connectivity index (χ1v) is 8.18. The highest BCUT2D eigenvalue weighted by Crippen LogP contribution is 2.32. The Kier molecular flexibility index (Phi) is 4.97. The monoisotopic (exact) mass is 279 g/mol. The van der Waals surface area contributed by atoms with Gasteiger partial charge in [0.15, 0.2) is 0 Å². The van der Waals surface area contributed by atoms with E-state index in [-0.39, 0.29) is 0 Å². The van der Waals surface area contributed by atoms with Gasteiger partial charge in [-0.2, -0.15) is 11.8 Å². The van der Waals surface area contributed by atoms with Gasteiger partial charge in [-0.3, -0.25) is 0 Å². The molecule has 1 saturated heterocycles. The van der Waals surface area contributed by atoms with E-state index >= 15 is 0 Å². The molecule has 1 N–H and O–H groups in total. The van der Waals surface area contributed by atoms with E-state index in [1.807, 2.05) is 6.20 Å². The van der Waals surface area contributed by atoms with Gasteiger partial charge in [0.05, 0.1) is 0 Å². The Balaban J connectivity index is 2.04. The zero-order valence-electron chi connectivity index (χ0n) is 12.3. The average molecular weight is 279 g/mol. The van der Waals surface area contributed by atoms with E-state index in [0.29, 0.717) is 4.75 Å². The fourth-order valence-corrected chi connectivity index (χ4v) is 3.34. The van der Waals surface area contributed by atoms with Crippen LogP contribution < -0.4 is 10.2 Å². The largest absolute Gasteiger partial charge is 0.371 e. The Bertz CT molecular complexity index is 406. The fourth-order valence-electron chi connectivity index (χ4n) is 2.24. The number of anilines is 2. The van der Waals surface area contributed by atoms with Crippen molar-refractivity contribution in [1.82, 2.24) is 4.98 Å².